The van der Waals surface area contributed by atoms with Gasteiger partial charge in [0.2, 0.25) is 11.8 Å². The highest BCUT2D eigenvalue weighted by Crippen LogP contribution is 2.19. The molecule has 142 valence electrons. The highest BCUT2D eigenvalue weighted by Gasteiger charge is 2.33. The van der Waals surface area contributed by atoms with Crippen LogP contribution in [0.4, 0.5) is 0 Å². The molecule has 2 aliphatic heterocycles. The number of rotatable bonds is 4. The maximum absolute atomic E-state index is 12.9. The predicted octanol–water partition coefficient (Wildman–Crippen LogP) is 1.74. The summed E-state index contributed by atoms with van der Waals surface area (Å²) in [4.78, 5) is 31.2. The molecule has 1 aromatic rings. The first-order valence-corrected chi connectivity index (χ1v) is 9.48. The smallest absolute Gasteiger partial charge is 0.242 e. The lowest BCUT2D eigenvalue weighted by Gasteiger charge is -2.37. The monoisotopic (exact) mass is 359 g/mol. The lowest BCUT2D eigenvalue weighted by Crippen LogP contribution is -2.56. The van der Waals surface area contributed by atoms with Gasteiger partial charge in [-0.2, -0.15) is 0 Å². The Balaban J connectivity index is 1.59. The first-order valence-electron chi connectivity index (χ1n) is 9.48. The maximum Gasteiger partial charge on any atom is 0.242 e. The van der Waals surface area contributed by atoms with Crippen LogP contribution in [-0.4, -0.2) is 72.9 Å². The number of likely N-dealkylation sites (N-methyl/N-ethyl adjacent to an activating group) is 1. The van der Waals surface area contributed by atoms with E-state index in [1.54, 1.807) is 12.0 Å². The molecule has 2 aliphatic rings. The molecule has 0 saturated carbocycles. The van der Waals surface area contributed by atoms with Gasteiger partial charge in [0.05, 0.1) is 19.7 Å². The SMILES string of the molecule is COc1cccc(CN2CCN(C(=O)[C@H]3CCCCCN3C)CC2=O)c1. The van der Waals surface area contributed by atoms with Gasteiger partial charge in [0, 0.05) is 19.6 Å². The lowest BCUT2D eigenvalue weighted by atomic mass is 10.1. The summed E-state index contributed by atoms with van der Waals surface area (Å²) < 4.78 is 5.25. The highest BCUT2D eigenvalue weighted by atomic mass is 16.5. The minimum atomic E-state index is -0.0739. The number of methoxy groups -OCH3 is 1. The molecule has 2 saturated heterocycles. The van der Waals surface area contributed by atoms with Gasteiger partial charge in [-0.3, -0.25) is 14.5 Å². The molecule has 1 aromatic carbocycles. The van der Waals surface area contributed by atoms with Gasteiger partial charge >= 0.3 is 0 Å². The van der Waals surface area contributed by atoms with E-state index in [1.165, 1.54) is 6.42 Å². The molecule has 0 aromatic heterocycles. The molecule has 0 spiro atoms. The molecule has 3 rings (SSSR count). The highest BCUT2D eigenvalue weighted by molar-refractivity contribution is 5.88. The van der Waals surface area contributed by atoms with Crippen molar-refractivity contribution < 1.29 is 14.3 Å². The van der Waals surface area contributed by atoms with E-state index < -0.39 is 0 Å². The fourth-order valence-electron chi connectivity index (χ4n) is 3.83. The molecule has 2 fully saturated rings. The van der Waals surface area contributed by atoms with E-state index in [0.29, 0.717) is 19.6 Å². The zero-order valence-corrected chi connectivity index (χ0v) is 15.8. The van der Waals surface area contributed by atoms with Crippen LogP contribution in [0.3, 0.4) is 0 Å². The summed E-state index contributed by atoms with van der Waals surface area (Å²) in [7, 11) is 3.66. The third kappa shape index (κ3) is 4.36. The first-order chi connectivity index (χ1) is 12.6. The topological polar surface area (TPSA) is 53.1 Å². The number of likely N-dealkylation sites (tertiary alicyclic amines) is 1. The Bertz CT molecular complexity index is 649. The van der Waals surface area contributed by atoms with Crippen LogP contribution in [0.5, 0.6) is 5.75 Å². The van der Waals surface area contributed by atoms with E-state index in [0.717, 1.165) is 37.1 Å². The van der Waals surface area contributed by atoms with Crippen LogP contribution < -0.4 is 4.74 Å². The van der Waals surface area contributed by atoms with Gasteiger partial charge in [0.15, 0.2) is 0 Å². The molecular weight excluding hydrogens is 330 g/mol. The molecule has 6 nitrogen and oxygen atoms in total. The molecule has 2 heterocycles. The predicted molar refractivity (Wildman–Crippen MR) is 99.9 cm³/mol. The van der Waals surface area contributed by atoms with Crippen molar-refractivity contribution in [3.63, 3.8) is 0 Å². The van der Waals surface area contributed by atoms with Crippen molar-refractivity contribution in [1.82, 2.24) is 14.7 Å². The van der Waals surface area contributed by atoms with E-state index >= 15 is 0 Å². The Hall–Kier alpha value is -2.08. The van der Waals surface area contributed by atoms with Crippen LogP contribution in [0.15, 0.2) is 24.3 Å². The molecule has 0 N–H and O–H groups in total. The minimum Gasteiger partial charge on any atom is -0.497 e. The zero-order chi connectivity index (χ0) is 18.5. The Labute approximate surface area is 155 Å². The number of amides is 2. The average Bonchev–Trinajstić information content (AvgIpc) is 2.87. The Morgan fingerprint density at radius 1 is 1.19 bits per heavy atom. The Morgan fingerprint density at radius 3 is 2.81 bits per heavy atom. The van der Waals surface area contributed by atoms with Gasteiger partial charge in [-0.25, -0.2) is 0 Å². The molecule has 1 atom stereocenters. The second-order valence-corrected chi connectivity index (χ2v) is 7.27. The number of carbonyl (C=O) groups is 2. The summed E-state index contributed by atoms with van der Waals surface area (Å²) >= 11 is 0. The quantitative estimate of drug-likeness (QED) is 0.822. The molecule has 0 aliphatic carbocycles. The fraction of sp³-hybridized carbons (Fsp3) is 0.600. The van der Waals surface area contributed by atoms with Crippen LogP contribution in [0.2, 0.25) is 0 Å². The van der Waals surface area contributed by atoms with Gasteiger partial charge in [-0.15, -0.1) is 0 Å². The summed E-state index contributed by atoms with van der Waals surface area (Å²) in [5.41, 5.74) is 1.04. The fourth-order valence-corrected chi connectivity index (χ4v) is 3.83. The summed E-state index contributed by atoms with van der Waals surface area (Å²) in [6.07, 6.45) is 4.31. The number of hydrogen-bond acceptors (Lipinski definition) is 4. The van der Waals surface area contributed by atoms with Crippen molar-refractivity contribution in [2.75, 3.05) is 40.3 Å². The van der Waals surface area contributed by atoms with Gasteiger partial charge in [0.1, 0.15) is 5.75 Å². The molecule has 2 amide bonds. The first kappa shape index (κ1) is 18.7. The molecular formula is C20H29N3O3. The summed E-state index contributed by atoms with van der Waals surface area (Å²) in [5, 5.41) is 0. The number of piperazine rings is 1. The molecule has 0 unspecified atom stereocenters. The Morgan fingerprint density at radius 2 is 2.04 bits per heavy atom. The minimum absolute atomic E-state index is 0.0173. The summed E-state index contributed by atoms with van der Waals surface area (Å²) in [6.45, 7) is 2.89. The van der Waals surface area contributed by atoms with E-state index in [1.807, 2.05) is 36.2 Å². The van der Waals surface area contributed by atoms with Gasteiger partial charge in [-0.05, 0) is 44.1 Å². The van der Waals surface area contributed by atoms with Crippen LogP contribution >= 0.6 is 0 Å². The molecule has 6 heteroatoms. The largest absolute Gasteiger partial charge is 0.497 e. The number of benzene rings is 1. The van der Waals surface area contributed by atoms with Gasteiger partial charge in [0.25, 0.3) is 0 Å². The normalized spacial score (nSPS) is 22.2. The molecule has 0 radical (unpaired) electrons. The number of carbonyl (C=O) groups excluding carboxylic acids is 2. The van der Waals surface area contributed by atoms with E-state index in [4.69, 9.17) is 4.74 Å². The van der Waals surface area contributed by atoms with Crippen LogP contribution in [-0.2, 0) is 16.1 Å². The van der Waals surface area contributed by atoms with Gasteiger partial charge in [-0.1, -0.05) is 25.0 Å². The third-order valence-corrected chi connectivity index (χ3v) is 5.44. The number of hydrogen-bond donors (Lipinski definition) is 0. The van der Waals surface area contributed by atoms with Crippen LogP contribution in [0, 0.1) is 0 Å². The summed E-state index contributed by atoms with van der Waals surface area (Å²) in [5.74, 6) is 0.924. The van der Waals surface area contributed by atoms with Crippen molar-refractivity contribution in [1.29, 1.82) is 0 Å². The number of nitrogens with zero attached hydrogens (tertiary/aromatic N) is 3. The molecule has 26 heavy (non-hydrogen) atoms. The molecule has 0 bridgehead atoms. The zero-order valence-electron chi connectivity index (χ0n) is 15.8. The second-order valence-electron chi connectivity index (χ2n) is 7.27. The average molecular weight is 359 g/mol. The standard InChI is InChI=1S/C20H29N3O3/c1-21-10-5-3-4-9-18(21)20(25)23-12-11-22(19(24)15-23)14-16-7-6-8-17(13-16)26-2/h6-8,13,18H,3-5,9-12,14-15H2,1-2H3/t18-/m1/s1. The van der Waals surface area contributed by atoms with Gasteiger partial charge < -0.3 is 14.5 Å². The van der Waals surface area contributed by atoms with Crippen molar-refractivity contribution in [3.05, 3.63) is 29.8 Å². The van der Waals surface area contributed by atoms with Crippen LogP contribution in [0.25, 0.3) is 0 Å². The van der Waals surface area contributed by atoms with Crippen molar-refractivity contribution >= 4 is 11.8 Å². The second kappa shape index (κ2) is 8.54. The lowest BCUT2D eigenvalue weighted by molar-refractivity contribution is -0.148. The summed E-state index contributed by atoms with van der Waals surface area (Å²) in [6, 6.07) is 7.69. The van der Waals surface area contributed by atoms with Crippen molar-refractivity contribution in [2.45, 2.75) is 38.3 Å². The van der Waals surface area contributed by atoms with E-state index in [-0.39, 0.29) is 24.4 Å². The third-order valence-electron chi connectivity index (χ3n) is 5.44. The van der Waals surface area contributed by atoms with Crippen molar-refractivity contribution in [2.24, 2.45) is 0 Å². The van der Waals surface area contributed by atoms with E-state index in [2.05, 4.69) is 4.90 Å². The maximum atomic E-state index is 12.9. The van der Waals surface area contributed by atoms with E-state index in [9.17, 15) is 9.59 Å². The van der Waals surface area contributed by atoms with Crippen LogP contribution in [0.1, 0.15) is 31.2 Å². The Kier molecular flexibility index (Phi) is 6.14. The van der Waals surface area contributed by atoms with Crippen molar-refractivity contribution in [3.8, 4) is 5.75 Å². The number of ether oxygens (including phenoxy) is 1.